The molecule has 0 spiro atoms. The molecule has 0 atom stereocenters. The van der Waals surface area contributed by atoms with Gasteiger partial charge in [-0.25, -0.2) is 4.98 Å². The highest BCUT2D eigenvalue weighted by molar-refractivity contribution is 9.10. The Kier molecular flexibility index (Phi) is 3.46. The van der Waals surface area contributed by atoms with Gasteiger partial charge in [-0.15, -0.1) is 0 Å². The summed E-state index contributed by atoms with van der Waals surface area (Å²) in [6.45, 7) is 1.97. The molecular formula is C11H10BrN3S. The summed E-state index contributed by atoms with van der Waals surface area (Å²) in [6, 6.07) is 3.90. The molecule has 0 fully saturated rings. The second-order valence-electron chi connectivity index (χ2n) is 3.24. The van der Waals surface area contributed by atoms with Gasteiger partial charge in [0.15, 0.2) is 0 Å². The Hall–Kier alpha value is -1.07. The lowest BCUT2D eigenvalue weighted by atomic mass is 10.3. The summed E-state index contributed by atoms with van der Waals surface area (Å²) in [4.78, 5) is 9.38. The zero-order valence-electron chi connectivity index (χ0n) is 8.64. The number of hydrogen-bond donors (Lipinski definition) is 1. The molecule has 16 heavy (non-hydrogen) atoms. The average Bonchev–Trinajstić information content (AvgIpc) is 2.31. The highest BCUT2D eigenvalue weighted by Gasteiger charge is 2.08. The minimum atomic E-state index is 0.700. The Balaban J connectivity index is 2.33. The molecular weight excluding hydrogens is 286 g/mol. The van der Waals surface area contributed by atoms with Crippen molar-refractivity contribution in [3.63, 3.8) is 0 Å². The largest absolute Gasteiger partial charge is 0.397 e. The molecule has 2 aromatic rings. The van der Waals surface area contributed by atoms with E-state index in [-0.39, 0.29) is 0 Å². The fraction of sp³-hybridized carbons (Fsp3) is 0.0909. The fourth-order valence-corrected chi connectivity index (χ4v) is 2.56. The number of nitrogen functional groups attached to an aromatic ring is 1. The van der Waals surface area contributed by atoms with Crippen molar-refractivity contribution >= 4 is 33.4 Å². The van der Waals surface area contributed by atoms with Gasteiger partial charge in [-0.05, 0) is 40.5 Å². The van der Waals surface area contributed by atoms with Gasteiger partial charge < -0.3 is 5.73 Å². The third-order valence-corrected chi connectivity index (χ3v) is 4.38. The van der Waals surface area contributed by atoms with Gasteiger partial charge in [-0.2, -0.15) is 0 Å². The van der Waals surface area contributed by atoms with E-state index in [1.807, 2.05) is 19.1 Å². The van der Waals surface area contributed by atoms with E-state index >= 15 is 0 Å². The van der Waals surface area contributed by atoms with E-state index in [1.165, 1.54) is 0 Å². The zero-order chi connectivity index (χ0) is 11.5. The summed E-state index contributed by atoms with van der Waals surface area (Å²) in [7, 11) is 0. The number of nitrogens with two attached hydrogens (primary N) is 1. The SMILES string of the molecule is Cc1c(N)cnc(Sc2ccncc2)c1Br. The molecule has 2 aromatic heterocycles. The molecule has 0 aromatic carbocycles. The van der Waals surface area contributed by atoms with Crippen molar-refractivity contribution in [1.82, 2.24) is 9.97 Å². The molecule has 0 aliphatic heterocycles. The average molecular weight is 296 g/mol. The van der Waals surface area contributed by atoms with E-state index in [2.05, 4.69) is 25.9 Å². The lowest BCUT2D eigenvalue weighted by Gasteiger charge is -2.07. The summed E-state index contributed by atoms with van der Waals surface area (Å²) in [5.74, 6) is 0. The van der Waals surface area contributed by atoms with Crippen LogP contribution < -0.4 is 5.73 Å². The second-order valence-corrected chi connectivity index (χ2v) is 5.10. The van der Waals surface area contributed by atoms with Crippen LogP contribution in [0, 0.1) is 6.92 Å². The van der Waals surface area contributed by atoms with Crippen molar-refractivity contribution in [2.24, 2.45) is 0 Å². The first kappa shape index (κ1) is 11.4. The number of aromatic nitrogens is 2. The fourth-order valence-electron chi connectivity index (χ4n) is 1.16. The van der Waals surface area contributed by atoms with Crippen LogP contribution in [-0.2, 0) is 0 Å². The number of nitrogens with zero attached hydrogens (tertiary/aromatic N) is 2. The Labute approximate surface area is 107 Å². The molecule has 0 unspecified atom stereocenters. The maximum Gasteiger partial charge on any atom is 0.115 e. The first-order chi connectivity index (χ1) is 7.68. The van der Waals surface area contributed by atoms with Gasteiger partial charge in [0.05, 0.1) is 16.4 Å². The van der Waals surface area contributed by atoms with E-state index in [9.17, 15) is 0 Å². The molecule has 2 N–H and O–H groups in total. The molecule has 0 saturated carbocycles. The predicted molar refractivity (Wildman–Crippen MR) is 69.4 cm³/mol. The van der Waals surface area contributed by atoms with E-state index in [1.54, 1.807) is 30.4 Å². The molecule has 0 amide bonds. The first-order valence-corrected chi connectivity index (χ1v) is 6.28. The summed E-state index contributed by atoms with van der Waals surface area (Å²) in [5, 5.41) is 0.915. The van der Waals surface area contributed by atoms with Crippen LogP contribution in [0.3, 0.4) is 0 Å². The van der Waals surface area contributed by atoms with Crippen LogP contribution >= 0.6 is 27.7 Å². The van der Waals surface area contributed by atoms with Crippen molar-refractivity contribution < 1.29 is 0 Å². The van der Waals surface area contributed by atoms with Gasteiger partial charge >= 0.3 is 0 Å². The Morgan fingerprint density at radius 1 is 1.31 bits per heavy atom. The Bertz CT molecular complexity index is 502. The zero-order valence-corrected chi connectivity index (χ0v) is 11.0. The van der Waals surface area contributed by atoms with Crippen molar-refractivity contribution in [1.29, 1.82) is 0 Å². The molecule has 3 nitrogen and oxygen atoms in total. The summed E-state index contributed by atoms with van der Waals surface area (Å²) in [5.41, 5.74) is 7.49. The summed E-state index contributed by atoms with van der Waals surface area (Å²) in [6.07, 6.45) is 5.21. The van der Waals surface area contributed by atoms with Gasteiger partial charge in [0.2, 0.25) is 0 Å². The number of pyridine rings is 2. The quantitative estimate of drug-likeness (QED) is 0.924. The topological polar surface area (TPSA) is 51.8 Å². The van der Waals surface area contributed by atoms with E-state index in [0.29, 0.717) is 5.69 Å². The van der Waals surface area contributed by atoms with E-state index < -0.39 is 0 Å². The van der Waals surface area contributed by atoms with E-state index in [4.69, 9.17) is 5.73 Å². The molecule has 82 valence electrons. The van der Waals surface area contributed by atoms with Gasteiger partial charge in [0.1, 0.15) is 5.03 Å². The van der Waals surface area contributed by atoms with Crippen LogP contribution in [0.2, 0.25) is 0 Å². The third-order valence-electron chi connectivity index (χ3n) is 2.14. The number of anilines is 1. The van der Waals surface area contributed by atoms with Crippen LogP contribution in [-0.4, -0.2) is 9.97 Å². The van der Waals surface area contributed by atoms with Crippen molar-refractivity contribution in [3.05, 3.63) is 40.8 Å². The van der Waals surface area contributed by atoms with Crippen LogP contribution in [0.25, 0.3) is 0 Å². The lowest BCUT2D eigenvalue weighted by molar-refractivity contribution is 1.09. The first-order valence-electron chi connectivity index (χ1n) is 4.67. The molecule has 0 bridgehead atoms. The van der Waals surface area contributed by atoms with Gasteiger partial charge in [0.25, 0.3) is 0 Å². The molecule has 5 heteroatoms. The van der Waals surface area contributed by atoms with Crippen molar-refractivity contribution in [3.8, 4) is 0 Å². The number of rotatable bonds is 2. The molecule has 0 saturated heterocycles. The standard InChI is InChI=1S/C11H10BrN3S/c1-7-9(13)6-15-11(10(7)12)16-8-2-4-14-5-3-8/h2-6H,13H2,1H3. The minimum Gasteiger partial charge on any atom is -0.397 e. The summed E-state index contributed by atoms with van der Waals surface area (Å²) < 4.78 is 0.953. The maximum atomic E-state index is 5.77. The minimum absolute atomic E-state index is 0.700. The highest BCUT2D eigenvalue weighted by Crippen LogP contribution is 2.34. The molecule has 0 aliphatic rings. The smallest absolute Gasteiger partial charge is 0.115 e. The summed E-state index contributed by atoms with van der Waals surface area (Å²) >= 11 is 5.09. The normalized spacial score (nSPS) is 10.4. The van der Waals surface area contributed by atoms with Crippen molar-refractivity contribution in [2.75, 3.05) is 5.73 Å². The molecule has 0 aliphatic carbocycles. The molecule has 2 heterocycles. The van der Waals surface area contributed by atoms with Crippen LogP contribution in [0.4, 0.5) is 5.69 Å². The molecule has 0 radical (unpaired) electrons. The maximum absolute atomic E-state index is 5.77. The third kappa shape index (κ3) is 2.36. The van der Waals surface area contributed by atoms with Crippen LogP contribution in [0.15, 0.2) is 45.1 Å². The number of halogens is 1. The predicted octanol–water partition coefficient (Wildman–Crippen LogP) is 3.28. The lowest BCUT2D eigenvalue weighted by Crippen LogP contribution is -1.94. The van der Waals surface area contributed by atoms with Crippen LogP contribution in [0.5, 0.6) is 0 Å². The number of hydrogen-bond acceptors (Lipinski definition) is 4. The van der Waals surface area contributed by atoms with Gasteiger partial charge in [-0.3, -0.25) is 4.98 Å². The van der Waals surface area contributed by atoms with Gasteiger partial charge in [0, 0.05) is 17.3 Å². The second kappa shape index (κ2) is 4.84. The highest BCUT2D eigenvalue weighted by atomic mass is 79.9. The van der Waals surface area contributed by atoms with Gasteiger partial charge in [-0.1, -0.05) is 11.8 Å². The van der Waals surface area contributed by atoms with Crippen molar-refractivity contribution in [2.45, 2.75) is 16.8 Å². The molecule has 2 rings (SSSR count). The van der Waals surface area contributed by atoms with Crippen LogP contribution in [0.1, 0.15) is 5.56 Å². The Morgan fingerprint density at radius 3 is 2.69 bits per heavy atom. The Morgan fingerprint density at radius 2 is 2.00 bits per heavy atom. The van der Waals surface area contributed by atoms with E-state index in [0.717, 1.165) is 20.0 Å². The monoisotopic (exact) mass is 295 g/mol.